The molecule has 0 aliphatic carbocycles. The highest BCUT2D eigenvalue weighted by molar-refractivity contribution is 8.00. The lowest BCUT2D eigenvalue weighted by atomic mass is 9.88. The zero-order valence-electron chi connectivity index (χ0n) is 8.91. The lowest BCUT2D eigenvalue weighted by Gasteiger charge is -2.44. The van der Waals surface area contributed by atoms with Gasteiger partial charge in [0.25, 0.3) is 0 Å². The fourth-order valence-corrected chi connectivity index (χ4v) is 2.99. The first-order valence-electron chi connectivity index (χ1n) is 5.28. The molecule has 2 amide bonds. The van der Waals surface area contributed by atoms with Crippen LogP contribution in [0.15, 0.2) is 0 Å². The number of amides is 2. The molecule has 2 rings (SSSR count). The molecule has 0 spiro atoms. The summed E-state index contributed by atoms with van der Waals surface area (Å²) in [5.74, 6) is 0.880. The van der Waals surface area contributed by atoms with E-state index in [1.54, 1.807) is 0 Å². The number of nitrogens with one attached hydrogen (secondary N) is 1. The molecular formula is C10H16N2O2S. The molecule has 15 heavy (non-hydrogen) atoms. The summed E-state index contributed by atoms with van der Waals surface area (Å²) >= 11 is 1.42. The Morgan fingerprint density at radius 1 is 1.20 bits per heavy atom. The number of hydrogen-bond acceptors (Lipinski definition) is 4. The standard InChI is InChI=1S/C10H16N2O2S/c1-10(2-4-11-5-3-10)12-8(13)6-15-7-9(12)14/h11H,2-7H2,1H3. The molecule has 0 aromatic carbocycles. The van der Waals surface area contributed by atoms with Crippen molar-refractivity contribution < 1.29 is 9.59 Å². The molecule has 0 aromatic rings. The first kappa shape index (κ1) is 11.0. The third-order valence-corrected chi connectivity index (χ3v) is 4.07. The third-order valence-electron chi connectivity index (χ3n) is 3.17. The Morgan fingerprint density at radius 3 is 2.27 bits per heavy atom. The number of carbonyl (C=O) groups excluding carboxylic acids is 2. The predicted octanol–water partition coefficient (Wildman–Crippen LogP) is 0.230. The zero-order chi connectivity index (χ0) is 10.9. The molecule has 0 unspecified atom stereocenters. The molecular weight excluding hydrogens is 212 g/mol. The molecule has 0 bridgehead atoms. The molecule has 0 saturated carbocycles. The van der Waals surface area contributed by atoms with Crippen molar-refractivity contribution in [3.63, 3.8) is 0 Å². The second kappa shape index (κ2) is 4.14. The van der Waals surface area contributed by atoms with Crippen LogP contribution in [-0.2, 0) is 9.59 Å². The van der Waals surface area contributed by atoms with Crippen LogP contribution in [0, 0.1) is 0 Å². The summed E-state index contributed by atoms with van der Waals surface area (Å²) in [7, 11) is 0. The van der Waals surface area contributed by atoms with E-state index in [0.29, 0.717) is 11.5 Å². The van der Waals surface area contributed by atoms with Crippen LogP contribution in [-0.4, -0.2) is 46.8 Å². The summed E-state index contributed by atoms with van der Waals surface area (Å²) in [5, 5.41) is 3.25. The lowest BCUT2D eigenvalue weighted by molar-refractivity contribution is -0.150. The molecule has 5 heteroatoms. The highest BCUT2D eigenvalue weighted by Gasteiger charge is 2.41. The van der Waals surface area contributed by atoms with Crippen molar-refractivity contribution in [3.05, 3.63) is 0 Å². The van der Waals surface area contributed by atoms with E-state index < -0.39 is 0 Å². The van der Waals surface area contributed by atoms with E-state index in [4.69, 9.17) is 0 Å². The van der Waals surface area contributed by atoms with Gasteiger partial charge in [-0.25, -0.2) is 0 Å². The first-order chi connectivity index (χ1) is 7.13. The average Bonchev–Trinajstić information content (AvgIpc) is 2.18. The van der Waals surface area contributed by atoms with Crippen molar-refractivity contribution in [2.75, 3.05) is 24.6 Å². The van der Waals surface area contributed by atoms with Gasteiger partial charge < -0.3 is 5.32 Å². The van der Waals surface area contributed by atoms with Crippen molar-refractivity contribution >= 4 is 23.6 Å². The molecule has 0 aromatic heterocycles. The second-order valence-corrected chi connectivity index (χ2v) is 5.35. The highest BCUT2D eigenvalue weighted by atomic mass is 32.2. The Morgan fingerprint density at radius 2 is 1.73 bits per heavy atom. The minimum atomic E-state index is -0.250. The molecule has 0 atom stereocenters. The van der Waals surface area contributed by atoms with Crippen LogP contribution in [0.25, 0.3) is 0 Å². The zero-order valence-corrected chi connectivity index (χ0v) is 9.73. The fraction of sp³-hybridized carbons (Fsp3) is 0.800. The lowest BCUT2D eigenvalue weighted by Crippen LogP contribution is -2.59. The molecule has 2 fully saturated rings. The van der Waals surface area contributed by atoms with Crippen LogP contribution in [0.2, 0.25) is 0 Å². The van der Waals surface area contributed by atoms with E-state index in [1.165, 1.54) is 16.7 Å². The van der Waals surface area contributed by atoms with Crippen molar-refractivity contribution in [1.29, 1.82) is 0 Å². The van der Waals surface area contributed by atoms with Crippen molar-refractivity contribution in [1.82, 2.24) is 10.2 Å². The van der Waals surface area contributed by atoms with E-state index in [0.717, 1.165) is 25.9 Å². The smallest absolute Gasteiger partial charge is 0.239 e. The second-order valence-electron chi connectivity index (χ2n) is 4.36. The topological polar surface area (TPSA) is 49.4 Å². The van der Waals surface area contributed by atoms with Gasteiger partial charge in [-0.2, -0.15) is 0 Å². The first-order valence-corrected chi connectivity index (χ1v) is 6.43. The number of nitrogens with zero attached hydrogens (tertiary/aromatic N) is 1. The van der Waals surface area contributed by atoms with Gasteiger partial charge in [0.1, 0.15) is 0 Å². The molecule has 0 radical (unpaired) electrons. The van der Waals surface area contributed by atoms with Crippen molar-refractivity contribution in [2.45, 2.75) is 25.3 Å². The van der Waals surface area contributed by atoms with Gasteiger partial charge in [-0.15, -0.1) is 11.8 Å². The van der Waals surface area contributed by atoms with Gasteiger partial charge in [0.2, 0.25) is 11.8 Å². The van der Waals surface area contributed by atoms with Gasteiger partial charge in [0, 0.05) is 0 Å². The quantitative estimate of drug-likeness (QED) is 0.653. The maximum atomic E-state index is 11.8. The summed E-state index contributed by atoms with van der Waals surface area (Å²) in [6.07, 6.45) is 1.74. The summed E-state index contributed by atoms with van der Waals surface area (Å²) in [4.78, 5) is 25.1. The maximum Gasteiger partial charge on any atom is 0.239 e. The number of hydrogen-bond donors (Lipinski definition) is 1. The Bertz CT molecular complexity index is 271. The Hall–Kier alpha value is -0.550. The van der Waals surface area contributed by atoms with Crippen LogP contribution >= 0.6 is 11.8 Å². The monoisotopic (exact) mass is 228 g/mol. The minimum Gasteiger partial charge on any atom is -0.317 e. The number of carbonyl (C=O) groups is 2. The van der Waals surface area contributed by atoms with Gasteiger partial charge in [0.15, 0.2) is 0 Å². The molecule has 1 N–H and O–H groups in total. The normalized spacial score (nSPS) is 26.9. The third kappa shape index (κ3) is 2.03. The summed E-state index contributed by atoms with van der Waals surface area (Å²) in [5.41, 5.74) is -0.250. The van der Waals surface area contributed by atoms with E-state index in [9.17, 15) is 9.59 Å². The molecule has 4 nitrogen and oxygen atoms in total. The van der Waals surface area contributed by atoms with Crippen LogP contribution in [0.1, 0.15) is 19.8 Å². The number of imide groups is 1. The summed E-state index contributed by atoms with van der Waals surface area (Å²) < 4.78 is 0. The van der Waals surface area contributed by atoms with Gasteiger partial charge >= 0.3 is 0 Å². The maximum absolute atomic E-state index is 11.8. The number of thioether (sulfide) groups is 1. The highest BCUT2D eigenvalue weighted by Crippen LogP contribution is 2.29. The Kier molecular flexibility index (Phi) is 3.02. The van der Waals surface area contributed by atoms with Crippen LogP contribution in [0.5, 0.6) is 0 Å². The largest absolute Gasteiger partial charge is 0.317 e. The molecule has 2 saturated heterocycles. The van der Waals surface area contributed by atoms with Crippen LogP contribution in [0.3, 0.4) is 0 Å². The molecule has 84 valence electrons. The van der Waals surface area contributed by atoms with Crippen molar-refractivity contribution in [3.8, 4) is 0 Å². The molecule has 2 aliphatic heterocycles. The Balaban J connectivity index is 2.18. The van der Waals surface area contributed by atoms with E-state index >= 15 is 0 Å². The van der Waals surface area contributed by atoms with Crippen molar-refractivity contribution in [2.24, 2.45) is 0 Å². The van der Waals surface area contributed by atoms with E-state index in [1.807, 2.05) is 6.92 Å². The van der Waals surface area contributed by atoms with Gasteiger partial charge in [-0.1, -0.05) is 0 Å². The van der Waals surface area contributed by atoms with Gasteiger partial charge in [-0.05, 0) is 32.9 Å². The van der Waals surface area contributed by atoms with E-state index in [2.05, 4.69) is 5.32 Å². The van der Waals surface area contributed by atoms with Gasteiger partial charge in [0.05, 0.1) is 17.0 Å². The van der Waals surface area contributed by atoms with E-state index in [-0.39, 0.29) is 17.4 Å². The summed E-state index contributed by atoms with van der Waals surface area (Å²) in [6.45, 7) is 3.81. The summed E-state index contributed by atoms with van der Waals surface area (Å²) in [6, 6.07) is 0. The van der Waals surface area contributed by atoms with Crippen LogP contribution in [0.4, 0.5) is 0 Å². The number of rotatable bonds is 1. The fourth-order valence-electron chi connectivity index (χ4n) is 2.28. The average molecular weight is 228 g/mol. The number of piperidine rings is 1. The molecule has 2 aliphatic rings. The predicted molar refractivity (Wildman–Crippen MR) is 59.7 cm³/mol. The minimum absolute atomic E-state index is 0.0133. The SMILES string of the molecule is CC1(N2C(=O)CSCC2=O)CCNCC1. The Labute approximate surface area is 93.8 Å². The van der Waals surface area contributed by atoms with Gasteiger partial charge in [-0.3, -0.25) is 14.5 Å². The van der Waals surface area contributed by atoms with Crippen LogP contribution < -0.4 is 5.32 Å². The molecule has 2 heterocycles.